The van der Waals surface area contributed by atoms with Gasteiger partial charge in [-0.25, -0.2) is 4.79 Å². The first kappa shape index (κ1) is 15.0. The van der Waals surface area contributed by atoms with Crippen LogP contribution in [0.5, 0.6) is 5.75 Å². The minimum Gasteiger partial charge on any atom is -0.485 e. The average Bonchev–Trinajstić information content (AvgIpc) is 2.53. The van der Waals surface area contributed by atoms with Crippen molar-refractivity contribution in [3.05, 3.63) is 75.6 Å². The third-order valence-corrected chi connectivity index (χ3v) is 3.66. The van der Waals surface area contributed by atoms with E-state index in [0.717, 1.165) is 16.5 Å². The summed E-state index contributed by atoms with van der Waals surface area (Å²) in [6.45, 7) is 3.77. The third-order valence-electron chi connectivity index (χ3n) is 3.66. The number of carbonyl (C=O) groups is 1. The van der Waals surface area contributed by atoms with Crippen LogP contribution in [0.3, 0.4) is 0 Å². The Morgan fingerprint density at radius 3 is 2.52 bits per heavy atom. The second kappa shape index (κ2) is 6.08. The van der Waals surface area contributed by atoms with Gasteiger partial charge in [0.1, 0.15) is 11.3 Å². The lowest BCUT2D eigenvalue weighted by Crippen LogP contribution is -2.11. The monoisotopic (exact) mass is 308 g/mol. The molecule has 0 fully saturated rings. The van der Waals surface area contributed by atoms with Crippen molar-refractivity contribution in [2.24, 2.45) is 0 Å². The molecule has 23 heavy (non-hydrogen) atoms. The van der Waals surface area contributed by atoms with Crippen LogP contribution in [0.1, 0.15) is 21.5 Å². The van der Waals surface area contributed by atoms with Gasteiger partial charge in [0.15, 0.2) is 12.4 Å². The maximum atomic E-state index is 12.1. The van der Waals surface area contributed by atoms with E-state index in [1.54, 1.807) is 30.3 Å². The molecule has 0 radical (unpaired) electrons. The van der Waals surface area contributed by atoms with Crippen molar-refractivity contribution in [1.82, 2.24) is 0 Å². The minimum absolute atomic E-state index is 0.0373. The van der Waals surface area contributed by atoms with E-state index in [4.69, 9.17) is 9.15 Å². The maximum absolute atomic E-state index is 12.1. The Kier molecular flexibility index (Phi) is 3.98. The fourth-order valence-corrected chi connectivity index (χ4v) is 2.36. The number of fused-ring (bicyclic) bond motifs is 1. The van der Waals surface area contributed by atoms with Crippen LogP contribution in [-0.4, -0.2) is 12.4 Å². The number of hydrogen-bond acceptors (Lipinski definition) is 4. The molecular formula is C19H16O4. The van der Waals surface area contributed by atoms with Crippen LogP contribution in [0.25, 0.3) is 11.0 Å². The first-order chi connectivity index (χ1) is 11.0. The second-order valence-electron chi connectivity index (χ2n) is 5.48. The van der Waals surface area contributed by atoms with Crippen molar-refractivity contribution in [2.45, 2.75) is 13.8 Å². The quantitative estimate of drug-likeness (QED) is 0.545. The van der Waals surface area contributed by atoms with Crippen LogP contribution < -0.4 is 10.4 Å². The summed E-state index contributed by atoms with van der Waals surface area (Å²) in [7, 11) is 0. The van der Waals surface area contributed by atoms with E-state index in [-0.39, 0.29) is 18.0 Å². The van der Waals surface area contributed by atoms with Gasteiger partial charge >= 0.3 is 5.63 Å². The molecule has 0 amide bonds. The number of benzene rings is 2. The van der Waals surface area contributed by atoms with E-state index in [0.29, 0.717) is 16.9 Å². The molecule has 4 nitrogen and oxygen atoms in total. The summed E-state index contributed by atoms with van der Waals surface area (Å²) < 4.78 is 10.7. The number of hydrogen-bond donors (Lipinski definition) is 0. The third kappa shape index (κ3) is 3.31. The fraction of sp³-hybridized carbons (Fsp3) is 0.158. The van der Waals surface area contributed by atoms with Gasteiger partial charge in [0.2, 0.25) is 0 Å². The van der Waals surface area contributed by atoms with Crippen molar-refractivity contribution in [3.63, 3.8) is 0 Å². The van der Waals surface area contributed by atoms with Gasteiger partial charge in [-0.3, -0.25) is 4.79 Å². The first-order valence-electron chi connectivity index (χ1n) is 7.30. The highest BCUT2D eigenvalue weighted by Crippen LogP contribution is 2.22. The number of ketones is 1. The van der Waals surface area contributed by atoms with E-state index in [9.17, 15) is 9.59 Å². The van der Waals surface area contributed by atoms with Crippen molar-refractivity contribution < 1.29 is 13.9 Å². The van der Waals surface area contributed by atoms with Gasteiger partial charge in [0.25, 0.3) is 0 Å². The summed E-state index contributed by atoms with van der Waals surface area (Å²) >= 11 is 0. The lowest BCUT2D eigenvalue weighted by Gasteiger charge is -2.07. The normalized spacial score (nSPS) is 10.7. The minimum atomic E-state index is -0.377. The van der Waals surface area contributed by atoms with E-state index < -0.39 is 0 Å². The van der Waals surface area contributed by atoms with Crippen LogP contribution in [0.2, 0.25) is 0 Å². The molecule has 0 aliphatic heterocycles. The predicted molar refractivity (Wildman–Crippen MR) is 88.2 cm³/mol. The Balaban J connectivity index is 1.78. The number of aryl methyl sites for hydroxylation is 2. The van der Waals surface area contributed by atoms with Gasteiger partial charge in [-0.05, 0) is 37.6 Å². The van der Waals surface area contributed by atoms with Gasteiger partial charge in [0.05, 0.1) is 0 Å². The summed E-state index contributed by atoms with van der Waals surface area (Å²) in [4.78, 5) is 23.5. The average molecular weight is 308 g/mol. The lowest BCUT2D eigenvalue weighted by molar-refractivity contribution is 0.0921. The van der Waals surface area contributed by atoms with Crippen molar-refractivity contribution in [2.75, 3.05) is 6.61 Å². The SMILES string of the molecule is Cc1ccc(C(=O)COc2ccc3oc(=O)cc(C)c3c2)cc1. The lowest BCUT2D eigenvalue weighted by atomic mass is 10.1. The molecule has 3 aromatic rings. The molecule has 0 unspecified atom stereocenters. The van der Waals surface area contributed by atoms with Gasteiger partial charge < -0.3 is 9.15 Å². The molecule has 3 rings (SSSR count). The summed E-state index contributed by atoms with van der Waals surface area (Å²) in [6.07, 6.45) is 0. The van der Waals surface area contributed by atoms with Crippen molar-refractivity contribution in [3.8, 4) is 5.75 Å². The Morgan fingerprint density at radius 2 is 1.78 bits per heavy atom. The molecule has 1 aromatic heterocycles. The molecule has 0 N–H and O–H groups in total. The summed E-state index contributed by atoms with van der Waals surface area (Å²) in [5.74, 6) is 0.483. The Hall–Kier alpha value is -2.88. The van der Waals surface area contributed by atoms with Crippen LogP contribution >= 0.6 is 0 Å². The summed E-state index contributed by atoms with van der Waals surface area (Å²) in [5, 5.41) is 0.796. The Morgan fingerprint density at radius 1 is 1.04 bits per heavy atom. The molecule has 0 spiro atoms. The Labute approximate surface area is 133 Å². The summed E-state index contributed by atoms with van der Waals surface area (Å²) in [6, 6.07) is 14.0. The molecule has 116 valence electrons. The maximum Gasteiger partial charge on any atom is 0.336 e. The zero-order chi connectivity index (χ0) is 16.4. The number of carbonyl (C=O) groups excluding carboxylic acids is 1. The van der Waals surface area contributed by atoms with E-state index in [1.807, 2.05) is 26.0 Å². The highest BCUT2D eigenvalue weighted by Gasteiger charge is 2.08. The molecule has 0 saturated carbocycles. The molecule has 0 aliphatic carbocycles. The highest BCUT2D eigenvalue weighted by molar-refractivity contribution is 5.97. The molecular weight excluding hydrogens is 292 g/mol. The molecule has 4 heteroatoms. The first-order valence-corrected chi connectivity index (χ1v) is 7.30. The summed E-state index contributed by atoms with van der Waals surface area (Å²) in [5.41, 5.74) is 2.67. The zero-order valence-corrected chi connectivity index (χ0v) is 13.0. The van der Waals surface area contributed by atoms with Gasteiger partial charge in [-0.1, -0.05) is 29.8 Å². The van der Waals surface area contributed by atoms with Crippen LogP contribution in [0, 0.1) is 13.8 Å². The largest absolute Gasteiger partial charge is 0.485 e. The van der Waals surface area contributed by atoms with E-state index in [1.165, 1.54) is 6.07 Å². The van der Waals surface area contributed by atoms with E-state index >= 15 is 0 Å². The fourth-order valence-electron chi connectivity index (χ4n) is 2.36. The molecule has 0 atom stereocenters. The van der Waals surface area contributed by atoms with Gasteiger partial charge in [0, 0.05) is 17.0 Å². The number of rotatable bonds is 4. The molecule has 2 aromatic carbocycles. The highest BCUT2D eigenvalue weighted by atomic mass is 16.5. The number of Topliss-reactive ketones (excluding diaryl/α,β-unsaturated/α-hetero) is 1. The second-order valence-corrected chi connectivity index (χ2v) is 5.48. The van der Waals surface area contributed by atoms with Crippen molar-refractivity contribution >= 4 is 16.8 Å². The zero-order valence-electron chi connectivity index (χ0n) is 13.0. The smallest absolute Gasteiger partial charge is 0.336 e. The van der Waals surface area contributed by atoms with Gasteiger partial charge in [-0.15, -0.1) is 0 Å². The molecule has 0 saturated heterocycles. The number of ether oxygens (including phenoxy) is 1. The van der Waals surface area contributed by atoms with Crippen molar-refractivity contribution in [1.29, 1.82) is 0 Å². The Bertz CT molecular complexity index is 920. The topological polar surface area (TPSA) is 56.5 Å². The predicted octanol–water partition coefficient (Wildman–Crippen LogP) is 3.67. The van der Waals surface area contributed by atoms with Crippen LogP contribution in [0.15, 0.2) is 57.7 Å². The molecule has 1 heterocycles. The van der Waals surface area contributed by atoms with Crippen LogP contribution in [0.4, 0.5) is 0 Å². The van der Waals surface area contributed by atoms with E-state index in [2.05, 4.69) is 0 Å². The molecule has 0 aliphatic rings. The molecule has 0 bridgehead atoms. The van der Waals surface area contributed by atoms with Crippen LogP contribution in [-0.2, 0) is 0 Å². The van der Waals surface area contributed by atoms with Gasteiger partial charge in [-0.2, -0.15) is 0 Å². The standard InChI is InChI=1S/C19H16O4/c1-12-3-5-14(6-4-12)17(20)11-22-15-7-8-18-16(10-15)13(2)9-19(21)23-18/h3-10H,11H2,1-2H3.